The molecule has 0 fully saturated rings. The largest absolute Gasteiger partial charge is 0.297 e. The summed E-state index contributed by atoms with van der Waals surface area (Å²) >= 11 is 6.99. The van der Waals surface area contributed by atoms with E-state index in [1.54, 1.807) is 35.0 Å². The lowest BCUT2D eigenvalue weighted by Crippen LogP contribution is -2.11. The molecule has 11 nitrogen and oxygen atoms in total. The molecule has 0 aliphatic rings. The summed E-state index contributed by atoms with van der Waals surface area (Å²) in [5, 5.41) is 11.9. The number of nitrogens with zero attached hydrogens (tertiary/aromatic N) is 8. The van der Waals surface area contributed by atoms with Crippen LogP contribution in [-0.4, -0.2) is 44.8 Å². The van der Waals surface area contributed by atoms with E-state index in [-0.39, 0.29) is 28.6 Å². The summed E-state index contributed by atoms with van der Waals surface area (Å²) in [6, 6.07) is 61.2. The fraction of sp³-hybridized carbons (Fsp3) is 0. The standard InChI is InChI=1S/C27H17BrN4O3.C27H17BrN4/c28-20-15-13-19(14-16-20)27-30-24(23-22(32(34)35)12-7-17-29-23)25(26(33)18-8-3-1-4-9-18)31(27)21-10-5-2-6-11-21;28-20-15-13-19(14-16-20)27-31-25-24-22(12-7-17-29-24)30-23(18-8-3-1-4-9-18)26(25)32(27)21-10-5-2-6-11-21/h1-17H;1-17H. The molecule has 0 aliphatic carbocycles. The first-order chi connectivity index (χ1) is 32.8. The molecule has 0 aliphatic heterocycles. The van der Waals surface area contributed by atoms with E-state index >= 15 is 0 Å². The Morgan fingerprint density at radius 1 is 0.478 bits per heavy atom. The van der Waals surface area contributed by atoms with Crippen LogP contribution in [-0.2, 0) is 0 Å². The Kier molecular flexibility index (Phi) is 11.9. The zero-order chi connectivity index (χ0) is 45.9. The van der Waals surface area contributed by atoms with Gasteiger partial charge in [-0.2, -0.15) is 0 Å². The molecule has 0 atom stereocenters. The molecule has 0 spiro atoms. The Bertz CT molecular complexity index is 3570. The molecule has 0 bridgehead atoms. The average molecular weight is 1000 g/mol. The van der Waals surface area contributed by atoms with Crippen molar-refractivity contribution < 1.29 is 9.72 Å². The van der Waals surface area contributed by atoms with Gasteiger partial charge in [0.2, 0.25) is 5.78 Å². The highest BCUT2D eigenvalue weighted by Gasteiger charge is 2.31. The lowest BCUT2D eigenvalue weighted by atomic mass is 10.0. The first-order valence-electron chi connectivity index (χ1n) is 21.0. The SMILES string of the molecule is Brc1ccc(-c2nc3c4ncccc4nc(-c4ccccc4)c3n2-c2ccccc2)cc1.O=C(c1ccccc1)c1c(-c2ncccc2[N+](=O)[O-])nc(-c2ccc(Br)cc2)n1-c1ccccc1. The number of carbonyl (C=O) groups is 1. The summed E-state index contributed by atoms with van der Waals surface area (Å²) in [5.41, 5.74) is 9.44. The van der Waals surface area contributed by atoms with Crippen LogP contribution >= 0.6 is 31.9 Å². The average Bonchev–Trinajstić information content (AvgIpc) is 3.99. The molecule has 5 aromatic heterocycles. The molecule has 322 valence electrons. The highest BCUT2D eigenvalue weighted by Crippen LogP contribution is 2.39. The fourth-order valence-electron chi connectivity index (χ4n) is 7.93. The Morgan fingerprint density at radius 3 is 1.60 bits per heavy atom. The lowest BCUT2D eigenvalue weighted by Gasteiger charge is -2.13. The molecule has 0 radical (unpaired) electrons. The third kappa shape index (κ3) is 8.45. The number of fused-ring (bicyclic) bond motifs is 3. The van der Waals surface area contributed by atoms with Crippen molar-refractivity contribution in [3.63, 3.8) is 0 Å². The summed E-state index contributed by atoms with van der Waals surface area (Å²) < 4.78 is 5.86. The number of benzene rings is 6. The maximum Gasteiger partial charge on any atom is 0.297 e. The van der Waals surface area contributed by atoms with Gasteiger partial charge in [-0.25, -0.2) is 19.9 Å². The molecule has 0 amide bonds. The van der Waals surface area contributed by atoms with Gasteiger partial charge in [-0.1, -0.05) is 153 Å². The summed E-state index contributed by atoms with van der Waals surface area (Å²) in [4.78, 5) is 49.2. The second-order valence-electron chi connectivity index (χ2n) is 15.1. The predicted molar refractivity (Wildman–Crippen MR) is 269 cm³/mol. The maximum absolute atomic E-state index is 13.9. The van der Waals surface area contributed by atoms with Gasteiger partial charge in [-0.05, 0) is 66.7 Å². The number of rotatable bonds is 9. The van der Waals surface area contributed by atoms with Gasteiger partial charge in [0.05, 0.1) is 16.1 Å². The van der Waals surface area contributed by atoms with Crippen LogP contribution < -0.4 is 0 Å². The number of para-hydroxylation sites is 2. The fourth-order valence-corrected chi connectivity index (χ4v) is 8.46. The molecular formula is C54H34Br2N8O3. The van der Waals surface area contributed by atoms with Crippen LogP contribution in [0.4, 0.5) is 5.69 Å². The quantitative estimate of drug-likeness (QED) is 0.0792. The van der Waals surface area contributed by atoms with E-state index in [4.69, 9.17) is 15.0 Å². The minimum Gasteiger partial charge on any atom is -0.290 e. The number of imidazole rings is 2. The van der Waals surface area contributed by atoms with Crippen molar-refractivity contribution in [2.45, 2.75) is 0 Å². The highest BCUT2D eigenvalue weighted by molar-refractivity contribution is 9.10. The van der Waals surface area contributed by atoms with E-state index in [9.17, 15) is 14.9 Å². The molecule has 11 aromatic rings. The van der Waals surface area contributed by atoms with Crippen LogP contribution in [0.5, 0.6) is 0 Å². The van der Waals surface area contributed by atoms with E-state index in [0.29, 0.717) is 17.1 Å². The third-order valence-electron chi connectivity index (χ3n) is 11.0. The van der Waals surface area contributed by atoms with Gasteiger partial charge in [-0.15, -0.1) is 0 Å². The number of carbonyl (C=O) groups excluding carboxylic acids is 1. The second-order valence-corrected chi connectivity index (χ2v) is 17.0. The van der Waals surface area contributed by atoms with Crippen molar-refractivity contribution in [2.24, 2.45) is 0 Å². The molecule has 67 heavy (non-hydrogen) atoms. The Balaban J connectivity index is 0.000000157. The molecule has 0 saturated heterocycles. The van der Waals surface area contributed by atoms with Gasteiger partial charge in [0.25, 0.3) is 5.69 Å². The van der Waals surface area contributed by atoms with Gasteiger partial charge < -0.3 is 0 Å². The lowest BCUT2D eigenvalue weighted by molar-refractivity contribution is -0.384. The number of ketones is 1. The van der Waals surface area contributed by atoms with Crippen LogP contribution in [0.15, 0.2) is 215 Å². The van der Waals surface area contributed by atoms with Gasteiger partial charge in [0, 0.05) is 61.0 Å². The smallest absolute Gasteiger partial charge is 0.290 e. The molecule has 0 N–H and O–H groups in total. The van der Waals surface area contributed by atoms with Gasteiger partial charge in [0.15, 0.2) is 5.69 Å². The van der Waals surface area contributed by atoms with Crippen molar-refractivity contribution in [3.8, 4) is 56.8 Å². The Morgan fingerprint density at radius 2 is 1.00 bits per heavy atom. The normalized spacial score (nSPS) is 11.0. The molecular weight excluding hydrogens is 968 g/mol. The first-order valence-corrected chi connectivity index (χ1v) is 22.6. The van der Waals surface area contributed by atoms with E-state index in [2.05, 4.69) is 82.8 Å². The number of hydrogen-bond acceptors (Lipinski definition) is 8. The van der Waals surface area contributed by atoms with Crippen LogP contribution in [0.25, 0.3) is 78.9 Å². The van der Waals surface area contributed by atoms with E-state index in [1.165, 1.54) is 18.3 Å². The van der Waals surface area contributed by atoms with Gasteiger partial charge in [0.1, 0.15) is 39.6 Å². The second kappa shape index (κ2) is 18.7. The summed E-state index contributed by atoms with van der Waals surface area (Å²) in [6.45, 7) is 0. The Labute approximate surface area is 400 Å². The summed E-state index contributed by atoms with van der Waals surface area (Å²) in [6.07, 6.45) is 3.26. The molecule has 5 heterocycles. The number of pyridine rings is 3. The molecule has 13 heteroatoms. The van der Waals surface area contributed by atoms with Crippen molar-refractivity contribution in [3.05, 3.63) is 237 Å². The zero-order valence-corrected chi connectivity index (χ0v) is 38.4. The predicted octanol–water partition coefficient (Wildman–Crippen LogP) is 13.6. The Hall–Kier alpha value is -8.26. The summed E-state index contributed by atoms with van der Waals surface area (Å²) in [5.74, 6) is 1.01. The maximum atomic E-state index is 13.9. The molecule has 6 aromatic carbocycles. The van der Waals surface area contributed by atoms with Crippen LogP contribution in [0, 0.1) is 10.1 Å². The van der Waals surface area contributed by atoms with Crippen molar-refractivity contribution in [1.29, 1.82) is 0 Å². The number of hydrogen-bond donors (Lipinski definition) is 0. The molecule has 0 saturated carbocycles. The van der Waals surface area contributed by atoms with Crippen LogP contribution in [0.1, 0.15) is 16.1 Å². The molecule has 11 rings (SSSR count). The minimum absolute atomic E-state index is 0.0322. The minimum atomic E-state index is -0.514. The van der Waals surface area contributed by atoms with Crippen molar-refractivity contribution in [1.82, 2.24) is 34.1 Å². The molecule has 0 unspecified atom stereocenters. The number of aromatic nitrogens is 7. The van der Waals surface area contributed by atoms with Crippen molar-refractivity contribution >= 4 is 65.4 Å². The van der Waals surface area contributed by atoms with E-state index < -0.39 is 4.92 Å². The zero-order valence-electron chi connectivity index (χ0n) is 35.2. The van der Waals surface area contributed by atoms with E-state index in [0.717, 1.165) is 64.9 Å². The number of halogens is 2. The van der Waals surface area contributed by atoms with Gasteiger partial charge in [-0.3, -0.25) is 29.0 Å². The third-order valence-corrected chi connectivity index (χ3v) is 12.0. The van der Waals surface area contributed by atoms with Crippen LogP contribution in [0.2, 0.25) is 0 Å². The summed E-state index contributed by atoms with van der Waals surface area (Å²) in [7, 11) is 0. The highest BCUT2D eigenvalue weighted by atomic mass is 79.9. The van der Waals surface area contributed by atoms with Crippen LogP contribution in [0.3, 0.4) is 0 Å². The van der Waals surface area contributed by atoms with Crippen molar-refractivity contribution in [2.75, 3.05) is 0 Å². The first kappa shape index (κ1) is 42.7. The van der Waals surface area contributed by atoms with Gasteiger partial charge >= 0.3 is 0 Å². The monoisotopic (exact) mass is 1000 g/mol. The van der Waals surface area contributed by atoms with E-state index in [1.807, 2.05) is 121 Å². The number of nitro groups is 1. The topological polar surface area (TPSA) is 135 Å².